The maximum Gasteiger partial charge on any atom is 0.339 e. The van der Waals surface area contributed by atoms with Crippen molar-refractivity contribution in [1.82, 2.24) is 0 Å². The zero-order chi connectivity index (χ0) is 35.4. The van der Waals surface area contributed by atoms with Crippen molar-refractivity contribution < 1.29 is 38.1 Å². The number of hydrogen-bond acceptors (Lipinski definition) is 9. The lowest BCUT2D eigenvalue weighted by molar-refractivity contribution is -0.200. The molecular weight excluding hydrogens is 636 g/mol. The van der Waals surface area contributed by atoms with E-state index in [1.54, 1.807) is 13.2 Å². The summed E-state index contributed by atoms with van der Waals surface area (Å²) in [6.45, 7) is 5.92. The van der Waals surface area contributed by atoms with Crippen molar-refractivity contribution in [2.24, 2.45) is 5.92 Å². The van der Waals surface area contributed by atoms with Crippen LogP contribution in [0.15, 0.2) is 62.8 Å². The summed E-state index contributed by atoms with van der Waals surface area (Å²) < 4.78 is 31.4. The summed E-state index contributed by atoms with van der Waals surface area (Å²) in [6, 6.07) is 13.7. The molecule has 0 amide bonds. The Morgan fingerprint density at radius 3 is 2.32 bits per heavy atom. The first kappa shape index (κ1) is 35.9. The Balaban J connectivity index is 1.51. The van der Waals surface area contributed by atoms with Gasteiger partial charge in [0.2, 0.25) is 0 Å². The summed E-state index contributed by atoms with van der Waals surface area (Å²) in [5.41, 5.74) is 3.07. The summed E-state index contributed by atoms with van der Waals surface area (Å²) in [4.78, 5) is 41.7. The third-order valence-corrected chi connectivity index (χ3v) is 11.0. The van der Waals surface area contributed by atoms with Crippen LogP contribution in [-0.2, 0) is 36.6 Å². The highest BCUT2D eigenvalue weighted by atomic mass is 16.6. The summed E-state index contributed by atoms with van der Waals surface area (Å²) >= 11 is 0. The molecule has 2 bridgehead atoms. The highest BCUT2D eigenvalue weighted by molar-refractivity contribution is 5.90. The van der Waals surface area contributed by atoms with Crippen molar-refractivity contribution in [2.75, 3.05) is 20.3 Å². The van der Waals surface area contributed by atoms with E-state index in [0.29, 0.717) is 59.9 Å². The Labute approximate surface area is 293 Å². The molecule has 0 radical (unpaired) electrons. The number of carbonyl (C=O) groups is 2. The number of allylic oxidation sites excluding steroid dienone is 1. The topological polar surface area (TPSA) is 122 Å². The molecule has 4 heterocycles. The van der Waals surface area contributed by atoms with Crippen LogP contribution in [-0.4, -0.2) is 49.1 Å². The molecule has 1 aliphatic carbocycles. The average Bonchev–Trinajstić information content (AvgIpc) is 3.10. The number of hydrogen-bond donors (Lipinski definition) is 1. The number of aryl methyl sites for hydroxylation is 2. The minimum Gasteiger partial charge on any atom is -0.483 e. The fourth-order valence-electron chi connectivity index (χ4n) is 8.09. The zero-order valence-electron chi connectivity index (χ0n) is 29.8. The van der Waals surface area contributed by atoms with E-state index in [1.807, 2.05) is 32.9 Å². The van der Waals surface area contributed by atoms with Crippen LogP contribution < -0.4 is 10.4 Å². The van der Waals surface area contributed by atoms with Crippen LogP contribution in [0, 0.1) is 5.92 Å². The van der Waals surface area contributed by atoms with E-state index in [4.69, 9.17) is 23.4 Å². The maximum atomic E-state index is 14.3. The molecule has 1 fully saturated rings. The van der Waals surface area contributed by atoms with Gasteiger partial charge in [-0.3, -0.25) is 4.79 Å². The van der Waals surface area contributed by atoms with Gasteiger partial charge >= 0.3 is 17.6 Å². The normalized spacial score (nSPS) is 24.1. The molecule has 0 spiro atoms. The standard InChI is InChI=1S/C41H50O9/c1-25(2)31-19-17-27-15-13-26(14-16-27)9-8-12-34(43)47-37-35-33(50-41(3,38(37)49-39(31)44)30-10-6-5-7-11-30)20-18-28-23-32(40(45)48-36(28)35)29(21-22-42)24-46-4/h13-16,18,20,23,29-30,37-38,42H,5-12,17,19,21-22,24H2,1-4H3. The molecule has 3 aromatic rings. The van der Waals surface area contributed by atoms with Gasteiger partial charge in [-0.1, -0.05) is 49.1 Å². The van der Waals surface area contributed by atoms with E-state index >= 15 is 0 Å². The molecule has 1 aromatic heterocycles. The minimum absolute atomic E-state index is 0.0282. The largest absolute Gasteiger partial charge is 0.483 e. The molecule has 268 valence electrons. The quantitative estimate of drug-likeness (QED) is 0.160. The van der Waals surface area contributed by atoms with Crippen molar-refractivity contribution in [3.8, 4) is 5.75 Å². The van der Waals surface area contributed by atoms with E-state index < -0.39 is 35.4 Å². The number of esters is 2. The third kappa shape index (κ3) is 7.40. The molecule has 4 aliphatic rings. The zero-order valence-corrected chi connectivity index (χ0v) is 29.8. The van der Waals surface area contributed by atoms with Gasteiger partial charge in [-0.05, 0) is 95.0 Å². The molecule has 1 N–H and O–H groups in total. The van der Waals surface area contributed by atoms with Gasteiger partial charge < -0.3 is 28.5 Å². The first-order chi connectivity index (χ1) is 24.1. The van der Waals surface area contributed by atoms with Crippen LogP contribution in [0.4, 0.5) is 0 Å². The van der Waals surface area contributed by atoms with Crippen LogP contribution in [0.25, 0.3) is 11.0 Å². The third-order valence-electron chi connectivity index (χ3n) is 11.0. The predicted octanol–water partition coefficient (Wildman–Crippen LogP) is 7.44. The molecule has 2 aromatic carbocycles. The van der Waals surface area contributed by atoms with Crippen molar-refractivity contribution in [2.45, 2.75) is 115 Å². The van der Waals surface area contributed by atoms with E-state index in [1.165, 1.54) is 0 Å². The van der Waals surface area contributed by atoms with Crippen LogP contribution in [0.1, 0.15) is 113 Å². The smallest absolute Gasteiger partial charge is 0.339 e. The van der Waals surface area contributed by atoms with Crippen LogP contribution in [0.3, 0.4) is 0 Å². The Bertz CT molecular complexity index is 1770. The number of aliphatic hydroxyl groups excluding tert-OH is 1. The second-order valence-corrected chi connectivity index (χ2v) is 14.6. The van der Waals surface area contributed by atoms with Crippen molar-refractivity contribution >= 4 is 22.9 Å². The molecular formula is C41H50O9. The Hall–Kier alpha value is -3.95. The number of fused-ring (bicyclic) bond motifs is 13. The maximum absolute atomic E-state index is 14.3. The molecule has 9 nitrogen and oxygen atoms in total. The van der Waals surface area contributed by atoms with Crippen LogP contribution >= 0.6 is 0 Å². The van der Waals surface area contributed by atoms with Gasteiger partial charge in [0.05, 0.1) is 12.2 Å². The number of rotatable bonds is 6. The van der Waals surface area contributed by atoms with Gasteiger partial charge in [-0.2, -0.15) is 0 Å². The fourth-order valence-corrected chi connectivity index (χ4v) is 8.09. The molecule has 9 heteroatoms. The van der Waals surface area contributed by atoms with Crippen molar-refractivity contribution in [1.29, 1.82) is 0 Å². The molecule has 4 atom stereocenters. The highest BCUT2D eigenvalue weighted by Gasteiger charge is 2.56. The summed E-state index contributed by atoms with van der Waals surface area (Å²) in [5, 5.41) is 10.3. The number of carbonyl (C=O) groups excluding carboxylic acids is 2. The van der Waals surface area contributed by atoms with E-state index in [-0.39, 0.29) is 37.1 Å². The first-order valence-electron chi connectivity index (χ1n) is 18.2. The average molecular weight is 687 g/mol. The number of methoxy groups -OCH3 is 1. The number of benzene rings is 2. The first-order valence-corrected chi connectivity index (χ1v) is 18.2. The van der Waals surface area contributed by atoms with Gasteiger partial charge in [0.15, 0.2) is 12.2 Å². The van der Waals surface area contributed by atoms with E-state index in [0.717, 1.165) is 48.8 Å². The molecule has 0 saturated heterocycles. The SMILES string of the molecule is COCC(CCO)c1cc2ccc3c(c2oc1=O)C1OC(=O)CCCc2ccc(cc2)CCC(=C(C)C)C(=O)OC1C(C)(C1CCCCC1)O3. The summed E-state index contributed by atoms with van der Waals surface area (Å²) in [6.07, 6.45) is 5.77. The lowest BCUT2D eigenvalue weighted by Crippen LogP contribution is -2.58. The van der Waals surface area contributed by atoms with Gasteiger partial charge in [-0.15, -0.1) is 0 Å². The molecule has 50 heavy (non-hydrogen) atoms. The predicted molar refractivity (Wildman–Crippen MR) is 189 cm³/mol. The number of aliphatic hydroxyl groups is 1. The molecule has 3 aliphatic heterocycles. The Morgan fingerprint density at radius 1 is 0.920 bits per heavy atom. The van der Waals surface area contributed by atoms with Crippen molar-refractivity contribution in [3.63, 3.8) is 0 Å². The molecule has 4 unspecified atom stereocenters. The van der Waals surface area contributed by atoms with Gasteiger partial charge in [0.25, 0.3) is 0 Å². The van der Waals surface area contributed by atoms with Crippen LogP contribution in [0.5, 0.6) is 5.75 Å². The monoisotopic (exact) mass is 686 g/mol. The lowest BCUT2D eigenvalue weighted by Gasteiger charge is -2.49. The second kappa shape index (κ2) is 15.5. The summed E-state index contributed by atoms with van der Waals surface area (Å²) in [5.74, 6) is -0.809. The number of ether oxygens (including phenoxy) is 4. The summed E-state index contributed by atoms with van der Waals surface area (Å²) in [7, 11) is 1.55. The second-order valence-electron chi connectivity index (χ2n) is 14.6. The van der Waals surface area contributed by atoms with Crippen molar-refractivity contribution in [3.05, 3.63) is 86.3 Å². The molecule has 1 saturated carbocycles. The van der Waals surface area contributed by atoms with Gasteiger partial charge in [0.1, 0.15) is 16.9 Å². The Morgan fingerprint density at radius 2 is 1.64 bits per heavy atom. The van der Waals surface area contributed by atoms with E-state index in [9.17, 15) is 19.5 Å². The lowest BCUT2D eigenvalue weighted by atomic mass is 9.71. The van der Waals surface area contributed by atoms with E-state index in [2.05, 4.69) is 24.3 Å². The fraction of sp³-hybridized carbons (Fsp3) is 0.537. The van der Waals surface area contributed by atoms with Gasteiger partial charge in [0, 0.05) is 48.5 Å². The van der Waals surface area contributed by atoms with Crippen LogP contribution in [0.2, 0.25) is 0 Å². The highest BCUT2D eigenvalue weighted by Crippen LogP contribution is 2.51. The minimum atomic E-state index is -1.09. The molecule has 7 rings (SSSR count). The Kier molecular flexibility index (Phi) is 11.1. The van der Waals surface area contributed by atoms with Gasteiger partial charge in [-0.25, -0.2) is 9.59 Å².